The van der Waals surface area contributed by atoms with E-state index < -0.39 is 4.92 Å². The first kappa shape index (κ1) is 11.6. The quantitative estimate of drug-likeness (QED) is 0.585. The van der Waals surface area contributed by atoms with Gasteiger partial charge in [0.2, 0.25) is 0 Å². The molecule has 0 saturated carbocycles. The highest BCUT2D eigenvalue weighted by molar-refractivity contribution is 7.15. The molecule has 3 rings (SSSR count). The second-order valence-electron chi connectivity index (χ2n) is 3.85. The Morgan fingerprint density at radius 1 is 1.37 bits per heavy atom. The SMILES string of the molecule is Cc1ccc(-c2nnc(-c3cc([N+](=O)[O-])c[nH]3)o2)s1. The van der Waals surface area contributed by atoms with Gasteiger partial charge in [0.1, 0.15) is 5.69 Å². The molecule has 19 heavy (non-hydrogen) atoms. The first-order valence-electron chi connectivity index (χ1n) is 5.37. The van der Waals surface area contributed by atoms with Crippen molar-refractivity contribution in [1.82, 2.24) is 15.2 Å². The summed E-state index contributed by atoms with van der Waals surface area (Å²) < 4.78 is 5.50. The molecule has 0 atom stereocenters. The lowest BCUT2D eigenvalue weighted by Crippen LogP contribution is -1.82. The molecule has 1 N–H and O–H groups in total. The van der Waals surface area contributed by atoms with Crippen molar-refractivity contribution in [3.8, 4) is 22.4 Å². The van der Waals surface area contributed by atoms with Crippen molar-refractivity contribution >= 4 is 17.0 Å². The van der Waals surface area contributed by atoms with Gasteiger partial charge in [-0.05, 0) is 19.1 Å². The Morgan fingerprint density at radius 3 is 2.79 bits per heavy atom. The molecule has 7 nitrogen and oxygen atoms in total. The van der Waals surface area contributed by atoms with E-state index in [1.165, 1.54) is 12.3 Å². The molecule has 0 unspecified atom stereocenters. The van der Waals surface area contributed by atoms with Crippen molar-refractivity contribution in [2.24, 2.45) is 0 Å². The van der Waals surface area contributed by atoms with Crippen LogP contribution in [0.15, 0.2) is 28.8 Å². The van der Waals surface area contributed by atoms with E-state index in [-0.39, 0.29) is 11.6 Å². The molecule has 0 aliphatic carbocycles. The molecule has 0 bridgehead atoms. The zero-order valence-electron chi connectivity index (χ0n) is 9.78. The largest absolute Gasteiger partial charge is 0.414 e. The second kappa shape index (κ2) is 4.32. The fourth-order valence-corrected chi connectivity index (χ4v) is 2.38. The molecule has 8 heteroatoms. The average Bonchev–Trinajstić information content (AvgIpc) is 3.07. The molecule has 0 spiro atoms. The predicted molar refractivity (Wildman–Crippen MR) is 68.8 cm³/mol. The van der Waals surface area contributed by atoms with Crippen LogP contribution in [0, 0.1) is 17.0 Å². The van der Waals surface area contributed by atoms with E-state index in [4.69, 9.17) is 4.42 Å². The van der Waals surface area contributed by atoms with Crippen molar-refractivity contribution in [3.05, 3.63) is 39.4 Å². The lowest BCUT2D eigenvalue weighted by molar-refractivity contribution is -0.384. The third-order valence-electron chi connectivity index (χ3n) is 2.49. The minimum atomic E-state index is -0.486. The van der Waals surface area contributed by atoms with Gasteiger partial charge in [-0.1, -0.05) is 0 Å². The van der Waals surface area contributed by atoms with Crippen molar-refractivity contribution in [2.45, 2.75) is 6.92 Å². The summed E-state index contributed by atoms with van der Waals surface area (Å²) in [6.45, 7) is 1.99. The molecule has 0 radical (unpaired) electrons. The average molecular weight is 276 g/mol. The van der Waals surface area contributed by atoms with Crippen molar-refractivity contribution in [2.75, 3.05) is 0 Å². The molecule has 3 aromatic heterocycles. The monoisotopic (exact) mass is 276 g/mol. The van der Waals surface area contributed by atoms with Crippen molar-refractivity contribution < 1.29 is 9.34 Å². The van der Waals surface area contributed by atoms with Gasteiger partial charge < -0.3 is 9.40 Å². The van der Waals surface area contributed by atoms with Gasteiger partial charge in [0.25, 0.3) is 17.5 Å². The van der Waals surface area contributed by atoms with E-state index in [9.17, 15) is 10.1 Å². The molecule has 0 aromatic carbocycles. The number of nitrogens with zero attached hydrogens (tertiary/aromatic N) is 3. The fraction of sp³-hybridized carbons (Fsp3) is 0.0909. The smallest absolute Gasteiger partial charge is 0.287 e. The third kappa shape index (κ3) is 2.13. The Morgan fingerprint density at radius 2 is 2.16 bits per heavy atom. The summed E-state index contributed by atoms with van der Waals surface area (Å²) in [7, 11) is 0. The van der Waals surface area contributed by atoms with Gasteiger partial charge in [-0.3, -0.25) is 10.1 Å². The van der Waals surface area contributed by atoms with E-state index in [2.05, 4.69) is 15.2 Å². The van der Waals surface area contributed by atoms with Crippen LogP contribution in [0.25, 0.3) is 22.4 Å². The zero-order valence-corrected chi connectivity index (χ0v) is 10.6. The minimum Gasteiger partial charge on any atom is -0.414 e. The van der Waals surface area contributed by atoms with Crippen molar-refractivity contribution in [1.29, 1.82) is 0 Å². The van der Waals surface area contributed by atoms with E-state index in [0.29, 0.717) is 11.6 Å². The maximum Gasteiger partial charge on any atom is 0.287 e. The number of rotatable bonds is 3. The summed E-state index contributed by atoms with van der Waals surface area (Å²) in [5.41, 5.74) is 0.389. The summed E-state index contributed by atoms with van der Waals surface area (Å²) in [6.07, 6.45) is 1.29. The summed E-state index contributed by atoms with van der Waals surface area (Å²) >= 11 is 1.54. The Bertz CT molecular complexity index is 743. The van der Waals surface area contributed by atoms with Crippen LogP contribution in [-0.2, 0) is 0 Å². The Kier molecular flexibility index (Phi) is 2.64. The van der Waals surface area contributed by atoms with E-state index in [1.54, 1.807) is 11.3 Å². The lowest BCUT2D eigenvalue weighted by atomic mass is 10.4. The van der Waals surface area contributed by atoms with Crippen LogP contribution in [-0.4, -0.2) is 20.1 Å². The van der Waals surface area contributed by atoms with Gasteiger partial charge in [-0.15, -0.1) is 21.5 Å². The molecule has 96 valence electrons. The van der Waals surface area contributed by atoms with Crippen LogP contribution >= 0.6 is 11.3 Å². The maximum atomic E-state index is 10.6. The maximum absolute atomic E-state index is 10.6. The fourth-order valence-electron chi connectivity index (χ4n) is 1.59. The highest BCUT2D eigenvalue weighted by Crippen LogP contribution is 2.29. The molecular weight excluding hydrogens is 268 g/mol. The Labute approximate surface area is 111 Å². The van der Waals surface area contributed by atoms with Gasteiger partial charge in [0.15, 0.2) is 0 Å². The summed E-state index contributed by atoms with van der Waals surface area (Å²) in [4.78, 5) is 14.9. The normalized spacial score (nSPS) is 10.8. The number of thiophene rings is 1. The lowest BCUT2D eigenvalue weighted by Gasteiger charge is -1.87. The molecule has 0 fully saturated rings. The Balaban J connectivity index is 1.94. The number of aromatic amines is 1. The second-order valence-corrected chi connectivity index (χ2v) is 5.14. The van der Waals surface area contributed by atoms with Gasteiger partial charge in [0, 0.05) is 10.9 Å². The number of aromatic nitrogens is 3. The van der Waals surface area contributed by atoms with E-state index in [1.807, 2.05) is 19.1 Å². The number of hydrogen-bond acceptors (Lipinski definition) is 6. The third-order valence-corrected chi connectivity index (χ3v) is 3.47. The Hall–Kier alpha value is -2.48. The minimum absolute atomic E-state index is 0.0401. The van der Waals surface area contributed by atoms with Crippen LogP contribution in [0.2, 0.25) is 0 Å². The van der Waals surface area contributed by atoms with Gasteiger partial charge >= 0.3 is 0 Å². The van der Waals surface area contributed by atoms with Crippen LogP contribution in [0.4, 0.5) is 5.69 Å². The predicted octanol–water partition coefficient (Wildman–Crippen LogP) is 3.01. The highest BCUT2D eigenvalue weighted by Gasteiger charge is 2.16. The van der Waals surface area contributed by atoms with Crippen LogP contribution < -0.4 is 0 Å². The van der Waals surface area contributed by atoms with Crippen molar-refractivity contribution in [3.63, 3.8) is 0 Å². The van der Waals surface area contributed by atoms with Gasteiger partial charge in [-0.25, -0.2) is 0 Å². The molecule has 0 aliphatic rings. The van der Waals surface area contributed by atoms with E-state index in [0.717, 1.165) is 9.75 Å². The number of aryl methyl sites for hydroxylation is 1. The number of H-pyrrole nitrogens is 1. The first-order valence-corrected chi connectivity index (χ1v) is 6.18. The first-order chi connectivity index (χ1) is 9.13. The standard InChI is InChI=1S/C11H8N4O3S/c1-6-2-3-9(19-6)11-14-13-10(18-11)8-4-7(5-12-8)15(16)17/h2-5,12H,1H3. The van der Waals surface area contributed by atoms with Gasteiger partial charge in [-0.2, -0.15) is 0 Å². The molecule has 0 saturated heterocycles. The number of nitrogens with one attached hydrogen (secondary N) is 1. The van der Waals surface area contributed by atoms with E-state index >= 15 is 0 Å². The summed E-state index contributed by atoms with van der Waals surface area (Å²) in [5, 5.41) is 18.4. The number of nitro groups is 1. The topological polar surface area (TPSA) is 97.9 Å². The van der Waals surface area contributed by atoms with Gasteiger partial charge in [0.05, 0.1) is 16.0 Å². The van der Waals surface area contributed by atoms with Crippen LogP contribution in [0.1, 0.15) is 4.88 Å². The zero-order chi connectivity index (χ0) is 13.4. The van der Waals surface area contributed by atoms with Crippen LogP contribution in [0.3, 0.4) is 0 Å². The molecular formula is C11H8N4O3S. The summed E-state index contributed by atoms with van der Waals surface area (Å²) in [5.74, 6) is 0.638. The van der Waals surface area contributed by atoms with Crippen LogP contribution in [0.5, 0.6) is 0 Å². The molecule has 3 heterocycles. The highest BCUT2D eigenvalue weighted by atomic mass is 32.1. The summed E-state index contributed by atoms with van der Waals surface area (Å²) in [6, 6.07) is 5.22. The molecule has 0 amide bonds. The molecule has 0 aliphatic heterocycles. The molecule has 3 aromatic rings. The number of hydrogen-bond donors (Lipinski definition) is 1.